The monoisotopic (exact) mass is 288 g/mol. The maximum Gasteiger partial charge on any atom is 0.379 e. The molecule has 0 heterocycles. The van der Waals surface area contributed by atoms with Crippen molar-refractivity contribution in [2.45, 2.75) is 13.8 Å². The topological polar surface area (TPSA) is 43.4 Å². The van der Waals surface area contributed by atoms with E-state index in [9.17, 15) is 14.0 Å². The van der Waals surface area contributed by atoms with Crippen LogP contribution in [0.3, 0.4) is 0 Å². The zero-order valence-electron chi connectivity index (χ0n) is 8.84. The Labute approximate surface area is 101 Å². The van der Waals surface area contributed by atoms with Gasteiger partial charge in [-0.25, -0.2) is 9.18 Å². The molecule has 0 aliphatic heterocycles. The Morgan fingerprint density at radius 2 is 2.06 bits per heavy atom. The SMILES string of the molecule is CCOC(=O)C(=O)c1cc(F)cc(Br)c1C. The summed E-state index contributed by atoms with van der Waals surface area (Å²) < 4.78 is 18.1. The Bertz CT molecular complexity index is 443. The number of rotatable bonds is 3. The lowest BCUT2D eigenvalue weighted by molar-refractivity contribution is -0.137. The lowest BCUT2D eigenvalue weighted by Gasteiger charge is -2.06. The molecule has 0 saturated heterocycles. The van der Waals surface area contributed by atoms with E-state index in [0.717, 1.165) is 6.07 Å². The molecule has 0 fully saturated rings. The molecule has 0 bridgehead atoms. The predicted molar refractivity (Wildman–Crippen MR) is 59.8 cm³/mol. The van der Waals surface area contributed by atoms with Gasteiger partial charge in [-0.2, -0.15) is 0 Å². The highest BCUT2D eigenvalue weighted by Crippen LogP contribution is 2.22. The van der Waals surface area contributed by atoms with Gasteiger partial charge in [0.1, 0.15) is 5.82 Å². The Morgan fingerprint density at radius 3 is 2.62 bits per heavy atom. The minimum Gasteiger partial charge on any atom is -0.460 e. The Morgan fingerprint density at radius 1 is 1.44 bits per heavy atom. The van der Waals surface area contributed by atoms with Gasteiger partial charge in [0.05, 0.1) is 6.61 Å². The van der Waals surface area contributed by atoms with Crippen molar-refractivity contribution < 1.29 is 18.7 Å². The molecule has 1 aromatic carbocycles. The van der Waals surface area contributed by atoms with E-state index in [-0.39, 0.29) is 12.2 Å². The lowest BCUT2D eigenvalue weighted by atomic mass is 10.0. The summed E-state index contributed by atoms with van der Waals surface area (Å²) in [7, 11) is 0. The Kier molecular flexibility index (Phi) is 4.18. The van der Waals surface area contributed by atoms with Crippen molar-refractivity contribution in [1.82, 2.24) is 0 Å². The largest absolute Gasteiger partial charge is 0.460 e. The molecular weight excluding hydrogens is 279 g/mol. The maximum atomic E-state index is 13.1. The summed E-state index contributed by atoms with van der Waals surface area (Å²) in [6, 6.07) is 2.26. The average molecular weight is 289 g/mol. The summed E-state index contributed by atoms with van der Waals surface area (Å²) in [5, 5.41) is 0. The number of Topliss-reactive ketones (excluding diaryl/α,β-unsaturated/α-hetero) is 1. The van der Waals surface area contributed by atoms with Crippen molar-refractivity contribution in [1.29, 1.82) is 0 Å². The van der Waals surface area contributed by atoms with Crippen LogP contribution in [0.5, 0.6) is 0 Å². The lowest BCUT2D eigenvalue weighted by Crippen LogP contribution is -2.18. The molecule has 0 radical (unpaired) electrons. The zero-order valence-corrected chi connectivity index (χ0v) is 10.4. The van der Waals surface area contributed by atoms with Crippen molar-refractivity contribution in [2.24, 2.45) is 0 Å². The van der Waals surface area contributed by atoms with Crippen molar-refractivity contribution in [3.63, 3.8) is 0 Å². The third-order valence-electron chi connectivity index (χ3n) is 2.01. The minimum atomic E-state index is -0.969. The van der Waals surface area contributed by atoms with Crippen LogP contribution in [0.4, 0.5) is 4.39 Å². The molecule has 0 aromatic heterocycles. The van der Waals surface area contributed by atoms with Gasteiger partial charge in [0, 0.05) is 10.0 Å². The van der Waals surface area contributed by atoms with Gasteiger partial charge in [0.25, 0.3) is 5.78 Å². The summed E-state index contributed by atoms with van der Waals surface area (Å²) in [5.74, 6) is -2.38. The van der Waals surface area contributed by atoms with E-state index in [2.05, 4.69) is 20.7 Å². The molecule has 0 aliphatic rings. The van der Waals surface area contributed by atoms with Crippen LogP contribution >= 0.6 is 15.9 Å². The fraction of sp³-hybridized carbons (Fsp3) is 0.273. The van der Waals surface area contributed by atoms with Gasteiger partial charge in [-0.15, -0.1) is 0 Å². The highest BCUT2D eigenvalue weighted by atomic mass is 79.9. The third kappa shape index (κ3) is 2.66. The van der Waals surface area contributed by atoms with E-state index in [0.29, 0.717) is 10.0 Å². The van der Waals surface area contributed by atoms with Crippen LogP contribution < -0.4 is 0 Å². The second-order valence-corrected chi connectivity index (χ2v) is 3.96. The second kappa shape index (κ2) is 5.21. The molecule has 0 amide bonds. The molecule has 1 rings (SSSR count). The molecule has 3 nitrogen and oxygen atoms in total. The van der Waals surface area contributed by atoms with Crippen LogP contribution in [0, 0.1) is 12.7 Å². The number of esters is 1. The number of carbonyl (C=O) groups is 2. The number of carbonyl (C=O) groups excluding carboxylic acids is 2. The van der Waals surface area contributed by atoms with E-state index >= 15 is 0 Å². The van der Waals surface area contributed by atoms with Gasteiger partial charge in [0.15, 0.2) is 0 Å². The van der Waals surface area contributed by atoms with E-state index in [4.69, 9.17) is 0 Å². The first-order valence-corrected chi connectivity index (χ1v) is 5.43. The van der Waals surface area contributed by atoms with Crippen molar-refractivity contribution >= 4 is 27.7 Å². The molecule has 5 heteroatoms. The van der Waals surface area contributed by atoms with Crippen LogP contribution in [0.25, 0.3) is 0 Å². The molecule has 16 heavy (non-hydrogen) atoms. The summed E-state index contributed by atoms with van der Waals surface area (Å²) in [5.41, 5.74) is 0.532. The molecule has 0 saturated carbocycles. The van der Waals surface area contributed by atoms with Crippen LogP contribution in [0.15, 0.2) is 16.6 Å². The van der Waals surface area contributed by atoms with Crippen molar-refractivity contribution in [3.05, 3.63) is 33.5 Å². The van der Waals surface area contributed by atoms with Crippen molar-refractivity contribution in [2.75, 3.05) is 6.61 Å². The predicted octanol–water partition coefficient (Wildman–Crippen LogP) is 2.64. The van der Waals surface area contributed by atoms with Gasteiger partial charge in [0.2, 0.25) is 0 Å². The summed E-state index contributed by atoms with van der Waals surface area (Å²) >= 11 is 3.11. The van der Waals surface area contributed by atoms with E-state index < -0.39 is 17.6 Å². The highest BCUT2D eigenvalue weighted by molar-refractivity contribution is 9.10. The average Bonchev–Trinajstić information content (AvgIpc) is 2.22. The van der Waals surface area contributed by atoms with Crippen LogP contribution in [-0.2, 0) is 9.53 Å². The van der Waals surface area contributed by atoms with Gasteiger partial charge < -0.3 is 4.74 Å². The van der Waals surface area contributed by atoms with E-state index in [1.54, 1.807) is 13.8 Å². The van der Waals surface area contributed by atoms with Crippen LogP contribution in [0.2, 0.25) is 0 Å². The number of hydrogen-bond donors (Lipinski definition) is 0. The standard InChI is InChI=1S/C11H10BrFO3/c1-3-16-11(15)10(14)8-4-7(13)5-9(12)6(8)2/h4-5H,3H2,1-2H3. The fourth-order valence-corrected chi connectivity index (χ4v) is 1.62. The summed E-state index contributed by atoms with van der Waals surface area (Å²) in [6.45, 7) is 3.33. The normalized spacial score (nSPS) is 10.0. The molecule has 1 aromatic rings. The van der Waals surface area contributed by atoms with E-state index in [1.807, 2.05) is 0 Å². The first-order chi connectivity index (χ1) is 7.47. The van der Waals surface area contributed by atoms with Crippen LogP contribution in [0.1, 0.15) is 22.8 Å². The number of hydrogen-bond acceptors (Lipinski definition) is 3. The molecule has 0 spiro atoms. The van der Waals surface area contributed by atoms with Crippen LogP contribution in [-0.4, -0.2) is 18.4 Å². The quantitative estimate of drug-likeness (QED) is 0.488. The summed E-state index contributed by atoms with van der Waals surface area (Å²) in [4.78, 5) is 22.8. The highest BCUT2D eigenvalue weighted by Gasteiger charge is 2.21. The Balaban J connectivity index is 3.13. The molecule has 0 N–H and O–H groups in total. The Hall–Kier alpha value is -1.23. The fourth-order valence-electron chi connectivity index (χ4n) is 1.19. The zero-order chi connectivity index (χ0) is 12.3. The van der Waals surface area contributed by atoms with Gasteiger partial charge in [-0.3, -0.25) is 4.79 Å². The third-order valence-corrected chi connectivity index (χ3v) is 2.84. The molecule has 0 aliphatic carbocycles. The number of ether oxygens (including phenoxy) is 1. The number of halogens is 2. The molecular formula is C11H10BrFO3. The summed E-state index contributed by atoms with van der Waals surface area (Å²) in [6.07, 6.45) is 0. The smallest absolute Gasteiger partial charge is 0.379 e. The van der Waals surface area contributed by atoms with Gasteiger partial charge in [-0.1, -0.05) is 15.9 Å². The molecule has 0 unspecified atom stereocenters. The van der Waals surface area contributed by atoms with Gasteiger partial charge in [-0.05, 0) is 31.5 Å². The van der Waals surface area contributed by atoms with E-state index in [1.165, 1.54) is 6.07 Å². The molecule has 0 atom stereocenters. The maximum absolute atomic E-state index is 13.1. The first kappa shape index (κ1) is 12.8. The second-order valence-electron chi connectivity index (χ2n) is 3.11. The van der Waals surface area contributed by atoms with Gasteiger partial charge >= 0.3 is 5.97 Å². The number of ketones is 1. The van der Waals surface area contributed by atoms with Crippen molar-refractivity contribution in [3.8, 4) is 0 Å². The molecule has 86 valence electrons. The number of benzene rings is 1. The first-order valence-electron chi connectivity index (χ1n) is 4.64. The minimum absolute atomic E-state index is 0.0188.